The van der Waals surface area contributed by atoms with Crippen molar-refractivity contribution in [3.63, 3.8) is 0 Å². The number of carboxylic acid groups (broad SMARTS) is 1. The molecule has 2 aliphatic rings. The SMILES string of the molecule is COc1ccc([C@H]2Oc3cc(O)cc(O)c3C[C@H]2O)cc1OC1OC(C(=O)O)C(O)C(O)C1O. The fourth-order valence-corrected chi connectivity index (χ4v) is 3.99. The number of benzene rings is 2. The van der Waals surface area contributed by atoms with Crippen LogP contribution in [0, 0.1) is 0 Å². The van der Waals surface area contributed by atoms with Gasteiger partial charge >= 0.3 is 5.97 Å². The monoisotopic (exact) mass is 480 g/mol. The van der Waals surface area contributed by atoms with Crippen LogP contribution in [0.4, 0.5) is 0 Å². The Kier molecular flexibility index (Phi) is 6.43. The summed E-state index contributed by atoms with van der Waals surface area (Å²) in [4.78, 5) is 11.3. The molecule has 0 aliphatic carbocycles. The summed E-state index contributed by atoms with van der Waals surface area (Å²) < 4.78 is 21.8. The highest BCUT2D eigenvalue weighted by molar-refractivity contribution is 5.73. The number of carboxylic acids is 1. The molecule has 2 heterocycles. The predicted octanol–water partition coefficient (Wildman–Crippen LogP) is -0.586. The molecule has 12 heteroatoms. The third-order valence-corrected chi connectivity index (χ3v) is 5.76. The van der Waals surface area contributed by atoms with Crippen LogP contribution in [0.5, 0.6) is 28.7 Å². The average molecular weight is 480 g/mol. The highest BCUT2D eigenvalue weighted by Gasteiger charge is 2.48. The van der Waals surface area contributed by atoms with E-state index in [2.05, 4.69) is 0 Å². The largest absolute Gasteiger partial charge is 0.508 e. The zero-order valence-electron chi connectivity index (χ0n) is 17.8. The number of phenols is 2. The lowest BCUT2D eigenvalue weighted by atomic mass is 9.94. The van der Waals surface area contributed by atoms with Crippen LogP contribution in [0.25, 0.3) is 0 Å². The number of aromatic hydroxyl groups is 2. The minimum absolute atomic E-state index is 0.0304. The summed E-state index contributed by atoms with van der Waals surface area (Å²) in [6.45, 7) is 0. The van der Waals surface area contributed by atoms with Gasteiger partial charge in [0.05, 0.1) is 13.2 Å². The van der Waals surface area contributed by atoms with Gasteiger partial charge in [0.25, 0.3) is 0 Å². The van der Waals surface area contributed by atoms with E-state index in [-0.39, 0.29) is 35.2 Å². The molecule has 0 spiro atoms. The minimum Gasteiger partial charge on any atom is -0.508 e. The third-order valence-electron chi connectivity index (χ3n) is 5.76. The first kappa shape index (κ1) is 23.9. The Morgan fingerprint density at radius 1 is 1.00 bits per heavy atom. The summed E-state index contributed by atoms with van der Waals surface area (Å²) in [7, 11) is 1.34. The van der Waals surface area contributed by atoms with E-state index in [9.17, 15) is 40.5 Å². The Bertz CT molecular complexity index is 1070. The molecule has 2 aromatic rings. The molecule has 0 aromatic heterocycles. The predicted molar refractivity (Wildman–Crippen MR) is 111 cm³/mol. The van der Waals surface area contributed by atoms with Crippen molar-refractivity contribution in [3.8, 4) is 28.7 Å². The molecule has 2 aliphatic heterocycles. The van der Waals surface area contributed by atoms with E-state index in [1.165, 1.54) is 25.3 Å². The van der Waals surface area contributed by atoms with E-state index >= 15 is 0 Å². The number of aliphatic hydroxyl groups excluding tert-OH is 4. The van der Waals surface area contributed by atoms with Gasteiger partial charge in [-0.15, -0.1) is 0 Å². The van der Waals surface area contributed by atoms with E-state index in [1.54, 1.807) is 6.07 Å². The maximum atomic E-state index is 11.3. The lowest BCUT2D eigenvalue weighted by molar-refractivity contribution is -0.271. The topological polar surface area (TPSA) is 196 Å². The second-order valence-electron chi connectivity index (χ2n) is 8.01. The second-order valence-corrected chi connectivity index (χ2v) is 8.01. The fraction of sp³-hybridized carbons (Fsp3) is 0.409. The van der Waals surface area contributed by atoms with Gasteiger partial charge in [-0.3, -0.25) is 0 Å². The average Bonchev–Trinajstić information content (AvgIpc) is 2.79. The highest BCUT2D eigenvalue weighted by Crippen LogP contribution is 2.43. The van der Waals surface area contributed by atoms with Crippen LogP contribution < -0.4 is 14.2 Å². The van der Waals surface area contributed by atoms with Crippen molar-refractivity contribution >= 4 is 5.97 Å². The molecule has 184 valence electrons. The van der Waals surface area contributed by atoms with Crippen molar-refractivity contribution in [2.75, 3.05) is 7.11 Å². The number of rotatable bonds is 5. The Balaban J connectivity index is 1.63. The van der Waals surface area contributed by atoms with Crippen LogP contribution >= 0.6 is 0 Å². The van der Waals surface area contributed by atoms with Gasteiger partial charge in [-0.2, -0.15) is 0 Å². The Morgan fingerprint density at radius 3 is 2.41 bits per heavy atom. The van der Waals surface area contributed by atoms with Gasteiger partial charge in [0, 0.05) is 24.1 Å². The maximum absolute atomic E-state index is 11.3. The molecular weight excluding hydrogens is 456 g/mol. The normalized spacial score (nSPS) is 30.7. The molecule has 12 nitrogen and oxygen atoms in total. The van der Waals surface area contributed by atoms with Crippen LogP contribution in [-0.4, -0.2) is 85.6 Å². The number of ether oxygens (including phenoxy) is 4. The lowest BCUT2D eigenvalue weighted by Gasteiger charge is -2.38. The van der Waals surface area contributed by atoms with Crippen molar-refractivity contribution < 1.29 is 59.5 Å². The van der Waals surface area contributed by atoms with Gasteiger partial charge < -0.3 is 54.7 Å². The highest BCUT2D eigenvalue weighted by atomic mass is 16.7. The number of methoxy groups -OCH3 is 1. The fourth-order valence-electron chi connectivity index (χ4n) is 3.99. The zero-order valence-corrected chi connectivity index (χ0v) is 17.8. The number of carbonyl (C=O) groups is 1. The number of hydrogen-bond acceptors (Lipinski definition) is 11. The van der Waals surface area contributed by atoms with E-state index in [0.29, 0.717) is 11.1 Å². The Morgan fingerprint density at radius 2 is 1.74 bits per heavy atom. The summed E-state index contributed by atoms with van der Waals surface area (Å²) in [6.07, 6.45) is -11.0. The molecule has 34 heavy (non-hydrogen) atoms. The van der Waals surface area contributed by atoms with Crippen molar-refractivity contribution in [1.82, 2.24) is 0 Å². The van der Waals surface area contributed by atoms with E-state index < -0.39 is 48.9 Å². The molecule has 1 fully saturated rings. The van der Waals surface area contributed by atoms with Crippen LogP contribution in [0.1, 0.15) is 17.2 Å². The van der Waals surface area contributed by atoms with Crippen LogP contribution in [-0.2, 0) is 16.0 Å². The molecule has 7 atom stereocenters. The number of phenolic OH excluding ortho intramolecular Hbond substituents is 2. The van der Waals surface area contributed by atoms with Crippen molar-refractivity contribution in [3.05, 3.63) is 41.5 Å². The van der Waals surface area contributed by atoms with Gasteiger partial charge in [0.2, 0.25) is 6.29 Å². The van der Waals surface area contributed by atoms with Gasteiger partial charge in [0.15, 0.2) is 17.6 Å². The smallest absolute Gasteiger partial charge is 0.335 e. The Hall–Kier alpha value is -3.29. The molecular formula is C22H24O12. The summed E-state index contributed by atoms with van der Waals surface area (Å²) >= 11 is 0. The minimum atomic E-state index is -1.88. The molecule has 5 unspecified atom stereocenters. The van der Waals surface area contributed by atoms with E-state index in [1.807, 2.05) is 0 Å². The summed E-state index contributed by atoms with van der Waals surface area (Å²) in [5.74, 6) is -1.69. The molecule has 7 N–H and O–H groups in total. The molecule has 1 saturated heterocycles. The maximum Gasteiger partial charge on any atom is 0.335 e. The van der Waals surface area contributed by atoms with Gasteiger partial charge in [0.1, 0.15) is 41.7 Å². The first-order chi connectivity index (χ1) is 16.1. The third kappa shape index (κ3) is 4.29. The zero-order chi connectivity index (χ0) is 24.7. The van der Waals surface area contributed by atoms with Crippen molar-refractivity contribution in [1.29, 1.82) is 0 Å². The van der Waals surface area contributed by atoms with Gasteiger partial charge in [-0.1, -0.05) is 6.07 Å². The first-order valence-electron chi connectivity index (χ1n) is 10.3. The molecule has 0 saturated carbocycles. The summed E-state index contributed by atoms with van der Waals surface area (Å²) in [6, 6.07) is 6.90. The summed E-state index contributed by atoms with van der Waals surface area (Å²) in [5.41, 5.74) is 0.718. The molecule has 4 rings (SSSR count). The van der Waals surface area contributed by atoms with Crippen molar-refractivity contribution in [2.45, 2.75) is 49.3 Å². The number of aliphatic hydroxyl groups is 4. The van der Waals surface area contributed by atoms with Crippen LogP contribution in [0.15, 0.2) is 30.3 Å². The summed E-state index contributed by atoms with van der Waals surface area (Å²) in [5, 5.41) is 69.8. The standard InChI is InChI=1S/C22H24O12/c1-31-13-3-2-8(19-12(25)7-10-11(24)5-9(23)6-14(10)32-19)4-15(13)33-22-18(28)16(26)17(27)20(34-22)21(29)30/h2-6,12,16-20,22-28H,7H2,1H3,(H,29,30)/t12-,16?,17?,18?,19-,20?,22?/m1/s1. The van der Waals surface area contributed by atoms with Crippen LogP contribution in [0.2, 0.25) is 0 Å². The quantitative estimate of drug-likeness (QED) is 0.288. The molecule has 2 aromatic carbocycles. The number of hydrogen-bond donors (Lipinski definition) is 7. The van der Waals surface area contributed by atoms with Gasteiger partial charge in [-0.25, -0.2) is 4.79 Å². The van der Waals surface area contributed by atoms with E-state index in [4.69, 9.17) is 18.9 Å². The Labute approximate surface area is 192 Å². The van der Waals surface area contributed by atoms with Gasteiger partial charge in [-0.05, 0) is 17.7 Å². The molecule has 0 amide bonds. The second kappa shape index (κ2) is 9.16. The number of aliphatic carboxylic acids is 1. The van der Waals surface area contributed by atoms with E-state index in [0.717, 1.165) is 6.07 Å². The van der Waals surface area contributed by atoms with Crippen LogP contribution in [0.3, 0.4) is 0 Å². The molecule has 0 radical (unpaired) electrons. The first-order valence-corrected chi connectivity index (χ1v) is 10.3. The lowest BCUT2D eigenvalue weighted by Crippen LogP contribution is -2.61. The molecule has 0 bridgehead atoms. The van der Waals surface area contributed by atoms with Crippen molar-refractivity contribution in [2.24, 2.45) is 0 Å². The number of fused-ring (bicyclic) bond motifs is 1.